The number of rotatable bonds is 3. The van der Waals surface area contributed by atoms with E-state index >= 15 is 0 Å². The molecule has 0 aromatic rings. The van der Waals surface area contributed by atoms with Crippen molar-refractivity contribution in [3.05, 3.63) is 12.3 Å². The monoisotopic (exact) mass is 158 g/mol. The third-order valence-electron chi connectivity index (χ3n) is 1.38. The molecule has 0 radical (unpaired) electrons. The van der Waals surface area contributed by atoms with Crippen molar-refractivity contribution in [3.8, 4) is 0 Å². The van der Waals surface area contributed by atoms with Crippen LogP contribution in [0.25, 0.3) is 0 Å². The summed E-state index contributed by atoms with van der Waals surface area (Å²) in [6.45, 7) is 11.9. The lowest BCUT2D eigenvalue weighted by Gasteiger charge is -2.19. The molecule has 0 aliphatic rings. The Hall–Kier alpha value is -0.500. The fourth-order valence-electron chi connectivity index (χ4n) is 0.947. The first-order valence-corrected chi connectivity index (χ1v) is 4.21. The van der Waals surface area contributed by atoms with Gasteiger partial charge in [0.05, 0.1) is 0 Å². The van der Waals surface area contributed by atoms with Gasteiger partial charge in [-0.2, -0.15) is 0 Å². The van der Waals surface area contributed by atoms with Gasteiger partial charge >= 0.3 is 0 Å². The summed E-state index contributed by atoms with van der Waals surface area (Å²) in [5.74, 6) is 0.521. The zero-order valence-corrected chi connectivity index (χ0v) is 8.44. The molecule has 0 saturated heterocycles. The molecule has 0 amide bonds. The molecule has 0 aromatic heterocycles. The van der Waals surface area contributed by atoms with Gasteiger partial charge in [0, 0.05) is 11.7 Å². The second-order valence-electron chi connectivity index (χ2n) is 2.59. The Bertz CT molecular complexity index is 97.7. The SMILES string of the molecule is C=C(N)C(NC)C(C)C.CC. The molecule has 0 rings (SSSR count). The first-order chi connectivity index (χ1) is 5.09. The summed E-state index contributed by atoms with van der Waals surface area (Å²) in [6.07, 6.45) is 0. The van der Waals surface area contributed by atoms with E-state index in [1.807, 2.05) is 20.9 Å². The highest BCUT2D eigenvalue weighted by atomic mass is 14.9. The number of nitrogens with two attached hydrogens (primary N) is 1. The van der Waals surface area contributed by atoms with E-state index in [-0.39, 0.29) is 6.04 Å². The molecule has 0 saturated carbocycles. The summed E-state index contributed by atoms with van der Waals surface area (Å²) >= 11 is 0. The number of nitrogens with one attached hydrogen (secondary N) is 1. The molecule has 0 fully saturated rings. The van der Waals surface area contributed by atoms with Gasteiger partial charge in [-0.15, -0.1) is 0 Å². The van der Waals surface area contributed by atoms with Crippen LogP contribution in [0.15, 0.2) is 12.3 Å². The topological polar surface area (TPSA) is 38.0 Å². The van der Waals surface area contributed by atoms with Crippen LogP contribution in [0.3, 0.4) is 0 Å². The average molecular weight is 158 g/mol. The Balaban J connectivity index is 0. The molecule has 0 aromatic carbocycles. The van der Waals surface area contributed by atoms with Crippen molar-refractivity contribution in [2.24, 2.45) is 11.7 Å². The maximum atomic E-state index is 5.49. The van der Waals surface area contributed by atoms with Crippen molar-refractivity contribution in [1.29, 1.82) is 0 Å². The summed E-state index contributed by atoms with van der Waals surface area (Å²) in [5.41, 5.74) is 6.21. The predicted octanol–water partition coefficient (Wildman–Crippen LogP) is 1.73. The molecule has 3 N–H and O–H groups in total. The van der Waals surface area contributed by atoms with Crippen molar-refractivity contribution >= 4 is 0 Å². The van der Waals surface area contributed by atoms with Gasteiger partial charge in [0.1, 0.15) is 0 Å². The van der Waals surface area contributed by atoms with Crippen LogP contribution in [0.4, 0.5) is 0 Å². The molecular weight excluding hydrogens is 136 g/mol. The fourth-order valence-corrected chi connectivity index (χ4v) is 0.947. The van der Waals surface area contributed by atoms with Crippen LogP contribution in [-0.2, 0) is 0 Å². The van der Waals surface area contributed by atoms with Crippen molar-refractivity contribution in [1.82, 2.24) is 5.32 Å². The van der Waals surface area contributed by atoms with Gasteiger partial charge in [-0.3, -0.25) is 0 Å². The summed E-state index contributed by atoms with van der Waals surface area (Å²) in [7, 11) is 1.89. The van der Waals surface area contributed by atoms with Gasteiger partial charge in [0.15, 0.2) is 0 Å². The maximum Gasteiger partial charge on any atom is 0.0482 e. The Morgan fingerprint density at radius 1 is 1.36 bits per heavy atom. The van der Waals surface area contributed by atoms with Crippen molar-refractivity contribution < 1.29 is 0 Å². The Morgan fingerprint density at radius 3 is 1.73 bits per heavy atom. The highest BCUT2D eigenvalue weighted by Gasteiger charge is 2.10. The largest absolute Gasteiger partial charge is 0.401 e. The van der Waals surface area contributed by atoms with E-state index in [9.17, 15) is 0 Å². The molecule has 11 heavy (non-hydrogen) atoms. The summed E-state index contributed by atoms with van der Waals surface area (Å²) in [6, 6.07) is 0.255. The van der Waals surface area contributed by atoms with Crippen LogP contribution in [0.5, 0.6) is 0 Å². The second-order valence-corrected chi connectivity index (χ2v) is 2.59. The van der Waals surface area contributed by atoms with Crippen LogP contribution in [0, 0.1) is 5.92 Å². The molecule has 0 heterocycles. The minimum Gasteiger partial charge on any atom is -0.401 e. The van der Waals surface area contributed by atoms with Gasteiger partial charge in [0.2, 0.25) is 0 Å². The first-order valence-electron chi connectivity index (χ1n) is 4.21. The zero-order chi connectivity index (χ0) is 9.44. The molecule has 0 aliphatic carbocycles. The number of likely N-dealkylation sites (N-methyl/N-ethyl adjacent to an activating group) is 1. The van der Waals surface area contributed by atoms with Crippen LogP contribution < -0.4 is 11.1 Å². The van der Waals surface area contributed by atoms with Gasteiger partial charge in [-0.25, -0.2) is 0 Å². The van der Waals surface area contributed by atoms with Crippen LogP contribution >= 0.6 is 0 Å². The van der Waals surface area contributed by atoms with Gasteiger partial charge < -0.3 is 11.1 Å². The van der Waals surface area contributed by atoms with Crippen molar-refractivity contribution in [2.45, 2.75) is 33.7 Å². The number of hydrogen-bond donors (Lipinski definition) is 2. The normalized spacial score (nSPS) is 11.8. The van der Waals surface area contributed by atoms with E-state index in [2.05, 4.69) is 25.7 Å². The Kier molecular flexibility index (Phi) is 9.07. The average Bonchev–Trinajstić information content (AvgIpc) is 1.91. The van der Waals surface area contributed by atoms with Gasteiger partial charge in [0.25, 0.3) is 0 Å². The lowest BCUT2D eigenvalue weighted by molar-refractivity contribution is 0.476. The van der Waals surface area contributed by atoms with E-state index in [4.69, 9.17) is 5.73 Å². The van der Waals surface area contributed by atoms with E-state index in [0.717, 1.165) is 0 Å². The Labute approximate surface area is 70.9 Å². The molecule has 0 aliphatic heterocycles. The van der Waals surface area contributed by atoms with Gasteiger partial charge in [-0.05, 0) is 13.0 Å². The standard InChI is InChI=1S/C7H16N2.C2H6/c1-5(2)7(9-4)6(3)8;1-2/h5,7,9H,3,8H2,1-2,4H3;1-2H3. The third kappa shape index (κ3) is 5.92. The summed E-state index contributed by atoms with van der Waals surface area (Å²) < 4.78 is 0. The van der Waals surface area contributed by atoms with Crippen molar-refractivity contribution in [3.63, 3.8) is 0 Å². The second kappa shape index (κ2) is 7.61. The zero-order valence-electron chi connectivity index (χ0n) is 8.44. The maximum absolute atomic E-state index is 5.49. The highest BCUT2D eigenvalue weighted by molar-refractivity contribution is 5.00. The molecule has 2 heteroatoms. The smallest absolute Gasteiger partial charge is 0.0482 e. The van der Waals surface area contributed by atoms with Gasteiger partial charge in [-0.1, -0.05) is 34.3 Å². The van der Waals surface area contributed by atoms with Crippen LogP contribution in [0.2, 0.25) is 0 Å². The third-order valence-corrected chi connectivity index (χ3v) is 1.38. The highest BCUT2D eigenvalue weighted by Crippen LogP contribution is 2.04. The first kappa shape index (κ1) is 13.1. The molecule has 1 unspecified atom stereocenters. The number of hydrogen-bond acceptors (Lipinski definition) is 2. The minimum absolute atomic E-state index is 0.255. The predicted molar refractivity (Wildman–Crippen MR) is 52.4 cm³/mol. The summed E-state index contributed by atoms with van der Waals surface area (Å²) in [5, 5.41) is 3.08. The van der Waals surface area contributed by atoms with Crippen LogP contribution in [0.1, 0.15) is 27.7 Å². The molecule has 0 spiro atoms. The summed E-state index contributed by atoms with van der Waals surface area (Å²) in [4.78, 5) is 0. The quantitative estimate of drug-likeness (QED) is 0.656. The van der Waals surface area contributed by atoms with E-state index in [1.165, 1.54) is 0 Å². The minimum atomic E-state index is 0.255. The van der Waals surface area contributed by atoms with Crippen molar-refractivity contribution in [2.75, 3.05) is 7.05 Å². The molecule has 68 valence electrons. The van der Waals surface area contributed by atoms with Crippen LogP contribution in [-0.4, -0.2) is 13.1 Å². The molecular formula is C9H22N2. The molecule has 1 atom stereocenters. The lowest BCUT2D eigenvalue weighted by atomic mass is 10.0. The Morgan fingerprint density at radius 2 is 1.73 bits per heavy atom. The fraction of sp³-hybridized carbons (Fsp3) is 0.778. The van der Waals surface area contributed by atoms with E-state index in [1.54, 1.807) is 0 Å². The van der Waals surface area contributed by atoms with E-state index < -0.39 is 0 Å². The van der Waals surface area contributed by atoms with E-state index in [0.29, 0.717) is 11.6 Å². The molecule has 2 nitrogen and oxygen atoms in total. The lowest BCUT2D eigenvalue weighted by Crippen LogP contribution is -2.35. The molecule has 0 bridgehead atoms.